The number of H-pyrrole nitrogens is 1. The number of nitrogens with one attached hydrogen (secondary N) is 1. The molecule has 120 valence electrons. The van der Waals surface area contributed by atoms with E-state index in [9.17, 15) is 19.7 Å². The predicted octanol–water partition coefficient (Wildman–Crippen LogP) is 1.41. The van der Waals surface area contributed by atoms with Crippen LogP contribution in [0.25, 0.3) is 10.9 Å². The Morgan fingerprint density at radius 2 is 2.04 bits per heavy atom. The molecule has 0 atom stereocenters. The van der Waals surface area contributed by atoms with Gasteiger partial charge in [0.15, 0.2) is 5.69 Å². The Kier molecular flexibility index (Phi) is 3.68. The van der Waals surface area contributed by atoms with E-state index in [-0.39, 0.29) is 17.3 Å². The van der Waals surface area contributed by atoms with E-state index in [1.54, 1.807) is 0 Å². The molecular weight excluding hydrogens is 304 g/mol. The fraction of sp³-hybridized carbons (Fsp3) is 0.357. The number of nitrogens with zero attached hydrogens (tertiary/aromatic N) is 3. The number of nitro benzene ring substituents is 1. The molecule has 0 bridgehead atoms. The Hall–Kier alpha value is -2.97. The number of carbonyl (C=O) groups is 2. The molecule has 0 radical (unpaired) electrons. The van der Waals surface area contributed by atoms with Gasteiger partial charge in [0.2, 0.25) is 0 Å². The zero-order valence-corrected chi connectivity index (χ0v) is 12.1. The molecule has 3 rings (SSSR count). The number of carboxylic acids is 1. The molecule has 9 nitrogen and oxygen atoms in total. The Labute approximate surface area is 130 Å². The number of carbonyl (C=O) groups excluding carboxylic acids is 1. The number of benzene rings is 1. The quantitative estimate of drug-likeness (QED) is 0.650. The molecular formula is C14H14N4O5. The van der Waals surface area contributed by atoms with Crippen LogP contribution < -0.4 is 0 Å². The summed E-state index contributed by atoms with van der Waals surface area (Å²) in [6.07, 6.45) is 0.785. The van der Waals surface area contributed by atoms with Crippen molar-refractivity contribution in [2.24, 2.45) is 5.92 Å². The molecule has 1 aliphatic heterocycles. The zero-order valence-electron chi connectivity index (χ0n) is 12.1. The van der Waals surface area contributed by atoms with Crippen molar-refractivity contribution in [1.29, 1.82) is 0 Å². The van der Waals surface area contributed by atoms with Crippen molar-refractivity contribution < 1.29 is 19.6 Å². The first-order valence-corrected chi connectivity index (χ1v) is 7.12. The lowest BCUT2D eigenvalue weighted by atomic mass is 9.97. The van der Waals surface area contributed by atoms with Crippen molar-refractivity contribution in [3.63, 3.8) is 0 Å². The summed E-state index contributed by atoms with van der Waals surface area (Å²) in [6, 6.07) is 4.16. The third-order valence-electron chi connectivity index (χ3n) is 4.09. The molecule has 1 amide bonds. The van der Waals surface area contributed by atoms with Crippen molar-refractivity contribution in [3.05, 3.63) is 34.0 Å². The molecule has 9 heteroatoms. The molecule has 1 fully saturated rings. The SMILES string of the molecule is O=C(O)C1CCN(C(=O)c2n[nH]c3ccc([N+](=O)[O-])cc23)CC1. The second-order valence-electron chi connectivity index (χ2n) is 5.46. The van der Waals surface area contributed by atoms with Gasteiger partial charge in [-0.15, -0.1) is 0 Å². The van der Waals surface area contributed by atoms with E-state index in [2.05, 4.69) is 10.2 Å². The third-order valence-corrected chi connectivity index (χ3v) is 4.09. The van der Waals surface area contributed by atoms with Crippen molar-refractivity contribution in [2.45, 2.75) is 12.8 Å². The van der Waals surface area contributed by atoms with Gasteiger partial charge in [0.25, 0.3) is 11.6 Å². The second-order valence-corrected chi connectivity index (χ2v) is 5.46. The Morgan fingerprint density at radius 3 is 2.65 bits per heavy atom. The van der Waals surface area contributed by atoms with Gasteiger partial charge in [0.05, 0.1) is 16.4 Å². The van der Waals surface area contributed by atoms with Gasteiger partial charge in [-0.1, -0.05) is 0 Å². The molecule has 23 heavy (non-hydrogen) atoms. The van der Waals surface area contributed by atoms with E-state index in [0.29, 0.717) is 36.8 Å². The average Bonchev–Trinajstić information content (AvgIpc) is 2.97. The number of hydrogen-bond acceptors (Lipinski definition) is 5. The van der Waals surface area contributed by atoms with Crippen molar-refractivity contribution >= 4 is 28.5 Å². The van der Waals surface area contributed by atoms with Crippen molar-refractivity contribution in [3.8, 4) is 0 Å². The fourth-order valence-electron chi connectivity index (χ4n) is 2.76. The van der Waals surface area contributed by atoms with Gasteiger partial charge in [-0.25, -0.2) is 0 Å². The van der Waals surface area contributed by atoms with Crippen LogP contribution in [-0.2, 0) is 4.79 Å². The normalized spacial score (nSPS) is 15.7. The highest BCUT2D eigenvalue weighted by molar-refractivity contribution is 6.05. The highest BCUT2D eigenvalue weighted by atomic mass is 16.6. The van der Waals surface area contributed by atoms with Crippen LogP contribution in [-0.4, -0.2) is 50.1 Å². The summed E-state index contributed by atoms with van der Waals surface area (Å²) in [5, 5.41) is 26.9. The highest BCUT2D eigenvalue weighted by Crippen LogP contribution is 2.25. The Bertz CT molecular complexity index is 792. The van der Waals surface area contributed by atoms with E-state index < -0.39 is 16.8 Å². The Morgan fingerprint density at radius 1 is 1.35 bits per heavy atom. The molecule has 0 saturated carbocycles. The Balaban J connectivity index is 1.85. The molecule has 0 unspecified atom stereocenters. The molecule has 2 N–H and O–H groups in total. The van der Waals surface area contributed by atoms with Crippen LogP contribution in [0.1, 0.15) is 23.3 Å². The number of aromatic amines is 1. The van der Waals surface area contributed by atoms with Gasteiger partial charge >= 0.3 is 5.97 Å². The smallest absolute Gasteiger partial charge is 0.306 e. The van der Waals surface area contributed by atoms with Crippen molar-refractivity contribution in [2.75, 3.05) is 13.1 Å². The number of piperidine rings is 1. The second kappa shape index (κ2) is 5.67. The van der Waals surface area contributed by atoms with Crippen molar-refractivity contribution in [1.82, 2.24) is 15.1 Å². The lowest BCUT2D eigenvalue weighted by Crippen LogP contribution is -2.40. The number of aromatic nitrogens is 2. The maximum Gasteiger partial charge on any atom is 0.306 e. The average molecular weight is 318 g/mol. The minimum Gasteiger partial charge on any atom is -0.481 e. The van der Waals surface area contributed by atoms with E-state index in [4.69, 9.17) is 5.11 Å². The molecule has 2 heterocycles. The maximum atomic E-state index is 12.6. The number of rotatable bonds is 3. The van der Waals surface area contributed by atoms with Crippen LogP contribution in [0.3, 0.4) is 0 Å². The summed E-state index contributed by atoms with van der Waals surface area (Å²) in [7, 11) is 0. The largest absolute Gasteiger partial charge is 0.481 e. The first kappa shape index (κ1) is 14.9. The highest BCUT2D eigenvalue weighted by Gasteiger charge is 2.29. The topological polar surface area (TPSA) is 129 Å². The van der Waals surface area contributed by atoms with Crippen LogP contribution in [0, 0.1) is 16.0 Å². The van der Waals surface area contributed by atoms with Gasteiger partial charge in [0, 0.05) is 30.6 Å². The van der Waals surface area contributed by atoms with Crippen LogP contribution in [0.15, 0.2) is 18.2 Å². The number of nitro groups is 1. The first-order chi connectivity index (χ1) is 11.0. The number of amides is 1. The third kappa shape index (κ3) is 2.72. The minimum absolute atomic E-state index is 0.113. The van der Waals surface area contributed by atoms with Gasteiger partial charge in [-0.2, -0.15) is 5.10 Å². The van der Waals surface area contributed by atoms with E-state index in [0.717, 1.165) is 0 Å². The molecule has 1 aliphatic rings. The van der Waals surface area contributed by atoms with Gasteiger partial charge in [-0.3, -0.25) is 24.8 Å². The molecule has 0 spiro atoms. The molecule has 1 saturated heterocycles. The summed E-state index contributed by atoms with van der Waals surface area (Å²) < 4.78 is 0. The van der Waals surface area contributed by atoms with Crippen LogP contribution in [0.5, 0.6) is 0 Å². The van der Waals surface area contributed by atoms with E-state index >= 15 is 0 Å². The zero-order chi connectivity index (χ0) is 16.6. The fourth-order valence-corrected chi connectivity index (χ4v) is 2.76. The summed E-state index contributed by atoms with van der Waals surface area (Å²) in [5.74, 6) is -1.63. The summed E-state index contributed by atoms with van der Waals surface area (Å²) in [4.78, 5) is 35.4. The molecule has 0 aliphatic carbocycles. The predicted molar refractivity (Wildman–Crippen MR) is 79.0 cm³/mol. The standard InChI is InChI=1S/C14H14N4O5/c19-13(17-5-3-8(4-6-17)14(20)21)12-10-7-9(18(22)23)1-2-11(10)15-16-12/h1-2,7-8H,3-6H2,(H,15,16)(H,20,21). The van der Waals surface area contributed by atoms with Gasteiger partial charge < -0.3 is 10.0 Å². The minimum atomic E-state index is -0.849. The van der Waals surface area contributed by atoms with Crippen LogP contribution >= 0.6 is 0 Å². The van der Waals surface area contributed by atoms with Gasteiger partial charge in [0.1, 0.15) is 0 Å². The summed E-state index contributed by atoms with van der Waals surface area (Å²) in [5.41, 5.74) is 0.550. The lowest BCUT2D eigenvalue weighted by molar-refractivity contribution is -0.384. The summed E-state index contributed by atoms with van der Waals surface area (Å²) >= 11 is 0. The van der Waals surface area contributed by atoms with Gasteiger partial charge in [-0.05, 0) is 18.9 Å². The maximum absolute atomic E-state index is 12.6. The molecule has 1 aromatic heterocycles. The first-order valence-electron chi connectivity index (χ1n) is 7.12. The number of aliphatic carboxylic acids is 1. The van der Waals surface area contributed by atoms with Crippen LogP contribution in [0.2, 0.25) is 0 Å². The molecule has 1 aromatic carbocycles. The number of fused-ring (bicyclic) bond motifs is 1. The number of likely N-dealkylation sites (tertiary alicyclic amines) is 1. The number of carboxylic acid groups (broad SMARTS) is 1. The summed E-state index contributed by atoms with van der Waals surface area (Å²) in [6.45, 7) is 0.665. The number of hydrogen-bond donors (Lipinski definition) is 2. The number of non-ortho nitro benzene ring substituents is 1. The van der Waals surface area contributed by atoms with E-state index in [1.807, 2.05) is 0 Å². The van der Waals surface area contributed by atoms with Crippen LogP contribution in [0.4, 0.5) is 5.69 Å². The van der Waals surface area contributed by atoms with E-state index in [1.165, 1.54) is 23.1 Å². The molecule has 2 aromatic rings. The lowest BCUT2D eigenvalue weighted by Gasteiger charge is -2.29. The monoisotopic (exact) mass is 318 g/mol.